The van der Waals surface area contributed by atoms with Gasteiger partial charge in [-0.1, -0.05) is 22.6 Å². The molecule has 2 atom stereocenters. The van der Waals surface area contributed by atoms with Crippen LogP contribution in [0.3, 0.4) is 0 Å². The second-order valence-electron chi connectivity index (χ2n) is 3.11. The van der Waals surface area contributed by atoms with E-state index in [9.17, 15) is 0 Å². The van der Waals surface area contributed by atoms with Gasteiger partial charge in [-0.15, -0.1) is 0 Å². The average Bonchev–Trinajstić information content (AvgIpc) is 2.68. The van der Waals surface area contributed by atoms with Gasteiger partial charge in [0.15, 0.2) is 0 Å². The molecule has 1 heterocycles. The molecule has 0 aromatic rings. The van der Waals surface area contributed by atoms with Crippen LogP contribution in [0.25, 0.3) is 0 Å². The molecule has 0 aliphatic carbocycles. The zero-order chi connectivity index (χ0) is 7.78. The summed E-state index contributed by atoms with van der Waals surface area (Å²) in [5.74, 6) is 0. The van der Waals surface area contributed by atoms with Gasteiger partial charge in [-0.05, 0) is 13.8 Å². The summed E-state index contributed by atoms with van der Waals surface area (Å²) in [5, 5.41) is 8.73. The molecule has 1 rings (SSSR count). The summed E-state index contributed by atoms with van der Waals surface area (Å²) in [7, 11) is 0. The zero-order valence-corrected chi connectivity index (χ0v) is 8.25. The Kier molecular flexibility index (Phi) is 2.21. The van der Waals surface area contributed by atoms with Crippen molar-refractivity contribution in [1.29, 1.82) is 5.26 Å². The third-order valence-electron chi connectivity index (χ3n) is 1.66. The van der Waals surface area contributed by atoms with Crippen LogP contribution in [0.4, 0.5) is 0 Å². The highest BCUT2D eigenvalue weighted by molar-refractivity contribution is 14.1. The first-order valence-corrected chi connectivity index (χ1v) is 4.49. The van der Waals surface area contributed by atoms with E-state index in [0.29, 0.717) is 10.0 Å². The van der Waals surface area contributed by atoms with E-state index < -0.39 is 0 Å². The number of rotatable bonds is 2. The number of halogens is 1. The molecule has 3 heteroatoms. The summed E-state index contributed by atoms with van der Waals surface area (Å²) in [5.41, 5.74) is -0.248. The first-order chi connectivity index (χ1) is 4.58. The summed E-state index contributed by atoms with van der Waals surface area (Å²) < 4.78 is 5.43. The molecule has 0 bridgehead atoms. The van der Waals surface area contributed by atoms with E-state index in [-0.39, 0.29) is 5.41 Å². The normalized spacial score (nSPS) is 27.2. The van der Waals surface area contributed by atoms with Gasteiger partial charge in [0.05, 0.1) is 28.1 Å². The first-order valence-electron chi connectivity index (χ1n) is 3.25. The van der Waals surface area contributed by atoms with E-state index in [1.165, 1.54) is 0 Å². The van der Waals surface area contributed by atoms with Gasteiger partial charge >= 0.3 is 0 Å². The summed E-state index contributed by atoms with van der Waals surface area (Å²) in [6.07, 6.45) is 0.329. The van der Waals surface area contributed by atoms with Gasteiger partial charge in [0.25, 0.3) is 0 Å². The Bertz CT molecular complexity index is 169. The molecular weight excluding hydrogens is 241 g/mol. The van der Waals surface area contributed by atoms with Gasteiger partial charge < -0.3 is 4.74 Å². The van der Waals surface area contributed by atoms with Crippen molar-refractivity contribution in [3.8, 4) is 6.07 Å². The van der Waals surface area contributed by atoms with Crippen LogP contribution in [0.5, 0.6) is 0 Å². The number of nitriles is 1. The van der Waals surface area contributed by atoms with Crippen LogP contribution in [-0.4, -0.2) is 16.6 Å². The molecule has 0 aromatic carbocycles. The van der Waals surface area contributed by atoms with Gasteiger partial charge in [-0.3, -0.25) is 0 Å². The predicted octanol–water partition coefficient (Wildman–Crippen LogP) is 1.74. The summed E-state index contributed by atoms with van der Waals surface area (Å²) in [4.78, 5) is 0. The maximum absolute atomic E-state index is 8.73. The lowest BCUT2D eigenvalue weighted by molar-refractivity contribution is 0.353. The van der Waals surface area contributed by atoms with Crippen LogP contribution in [0.15, 0.2) is 0 Å². The zero-order valence-electron chi connectivity index (χ0n) is 6.10. The third kappa shape index (κ3) is 1.61. The Morgan fingerprint density at radius 3 is 2.60 bits per heavy atom. The Labute approximate surface area is 74.7 Å². The molecule has 0 saturated carbocycles. The van der Waals surface area contributed by atoms with Gasteiger partial charge in [0, 0.05) is 0 Å². The summed E-state index contributed by atoms with van der Waals surface area (Å²) >= 11 is 2.29. The van der Waals surface area contributed by atoms with Gasteiger partial charge in [-0.2, -0.15) is 5.26 Å². The summed E-state index contributed by atoms with van der Waals surface area (Å²) in [6, 6.07) is 2.27. The smallest absolute Gasteiger partial charge is 0.0942 e. The van der Waals surface area contributed by atoms with E-state index in [0.717, 1.165) is 6.61 Å². The van der Waals surface area contributed by atoms with Gasteiger partial charge in [0.2, 0.25) is 0 Å². The first kappa shape index (κ1) is 8.28. The molecule has 1 fully saturated rings. The van der Waals surface area contributed by atoms with E-state index in [4.69, 9.17) is 10.00 Å². The molecule has 10 heavy (non-hydrogen) atoms. The summed E-state index contributed by atoms with van der Waals surface area (Å²) in [6.45, 7) is 4.73. The number of nitrogens with zero attached hydrogens (tertiary/aromatic N) is 1. The van der Waals surface area contributed by atoms with E-state index >= 15 is 0 Å². The maximum atomic E-state index is 8.73. The standard InChI is InChI=1S/C7H10INO/c1-7(2,4-9)6(8)5-3-10-5/h5-6H,3H2,1-2H3. The molecule has 1 aliphatic heterocycles. The van der Waals surface area contributed by atoms with Gasteiger partial charge in [-0.25, -0.2) is 0 Å². The van der Waals surface area contributed by atoms with Crippen LogP contribution in [-0.2, 0) is 4.74 Å². The highest BCUT2D eigenvalue weighted by atomic mass is 127. The topological polar surface area (TPSA) is 36.3 Å². The molecule has 1 aliphatic rings. The minimum Gasteiger partial charge on any atom is -0.372 e. The van der Waals surface area contributed by atoms with Crippen molar-refractivity contribution in [2.75, 3.05) is 6.61 Å². The van der Waals surface area contributed by atoms with Crippen molar-refractivity contribution in [2.45, 2.75) is 23.9 Å². The fourth-order valence-electron chi connectivity index (χ4n) is 0.751. The number of epoxide rings is 1. The lowest BCUT2D eigenvalue weighted by Gasteiger charge is -2.20. The molecule has 2 nitrogen and oxygen atoms in total. The molecule has 0 radical (unpaired) electrons. The lowest BCUT2D eigenvalue weighted by Crippen LogP contribution is -2.26. The number of ether oxygens (including phenoxy) is 1. The van der Waals surface area contributed by atoms with Crippen LogP contribution in [0.2, 0.25) is 0 Å². The quantitative estimate of drug-likeness (QED) is 0.425. The minimum absolute atomic E-state index is 0.248. The minimum atomic E-state index is -0.248. The molecule has 0 aromatic heterocycles. The van der Waals surface area contributed by atoms with Crippen LogP contribution in [0, 0.1) is 16.7 Å². The van der Waals surface area contributed by atoms with Crippen molar-refractivity contribution < 1.29 is 4.74 Å². The van der Waals surface area contributed by atoms with E-state index in [1.807, 2.05) is 13.8 Å². The molecular formula is C7H10INO. The van der Waals surface area contributed by atoms with Crippen molar-refractivity contribution in [3.63, 3.8) is 0 Å². The maximum Gasteiger partial charge on any atom is 0.0942 e. The van der Waals surface area contributed by atoms with Crippen LogP contribution in [0.1, 0.15) is 13.8 Å². The predicted molar refractivity (Wildman–Crippen MR) is 46.9 cm³/mol. The van der Waals surface area contributed by atoms with Crippen molar-refractivity contribution in [1.82, 2.24) is 0 Å². The fraction of sp³-hybridized carbons (Fsp3) is 0.857. The highest BCUT2D eigenvalue weighted by Crippen LogP contribution is 2.35. The Morgan fingerprint density at radius 1 is 1.80 bits per heavy atom. The second-order valence-corrected chi connectivity index (χ2v) is 4.45. The molecule has 56 valence electrons. The molecule has 1 saturated heterocycles. The fourth-order valence-corrected chi connectivity index (χ4v) is 1.31. The second kappa shape index (κ2) is 2.67. The molecule has 0 N–H and O–H groups in total. The van der Waals surface area contributed by atoms with Crippen molar-refractivity contribution in [3.05, 3.63) is 0 Å². The molecule has 0 spiro atoms. The van der Waals surface area contributed by atoms with Gasteiger partial charge in [0.1, 0.15) is 0 Å². The van der Waals surface area contributed by atoms with E-state index in [1.54, 1.807) is 0 Å². The highest BCUT2D eigenvalue weighted by Gasteiger charge is 2.40. The number of hydrogen-bond acceptors (Lipinski definition) is 2. The monoisotopic (exact) mass is 251 g/mol. The number of hydrogen-bond donors (Lipinski definition) is 0. The molecule has 2 unspecified atom stereocenters. The Hall–Kier alpha value is 0.180. The van der Waals surface area contributed by atoms with Crippen molar-refractivity contribution >= 4 is 22.6 Å². The van der Waals surface area contributed by atoms with Crippen molar-refractivity contribution in [2.24, 2.45) is 5.41 Å². The average molecular weight is 251 g/mol. The Morgan fingerprint density at radius 2 is 2.30 bits per heavy atom. The number of alkyl halides is 1. The lowest BCUT2D eigenvalue weighted by atomic mass is 9.90. The molecule has 0 amide bonds. The third-order valence-corrected chi connectivity index (χ3v) is 4.02. The van der Waals surface area contributed by atoms with Crippen LogP contribution < -0.4 is 0 Å². The van der Waals surface area contributed by atoms with Crippen LogP contribution >= 0.6 is 22.6 Å². The van der Waals surface area contributed by atoms with E-state index in [2.05, 4.69) is 28.7 Å². The SMILES string of the molecule is CC(C)(C#N)C(I)C1CO1. The Balaban J connectivity index is 2.54. The largest absolute Gasteiger partial charge is 0.372 e.